The molecule has 1 amide bonds. The molecule has 138 valence electrons. The molecule has 5 nitrogen and oxygen atoms in total. The van der Waals surface area contributed by atoms with Crippen LogP contribution in [0.1, 0.15) is 44.2 Å². The van der Waals surface area contributed by atoms with Crippen LogP contribution in [0.5, 0.6) is 0 Å². The lowest BCUT2D eigenvalue weighted by Crippen LogP contribution is -2.25. The van der Waals surface area contributed by atoms with Crippen molar-refractivity contribution in [2.75, 3.05) is 16.2 Å². The Labute approximate surface area is 155 Å². The first-order valence-electron chi connectivity index (χ1n) is 8.85. The molecule has 1 N–H and O–H groups in total. The number of carbonyl (C=O) groups excluding carboxylic acids is 1. The number of carbonyl (C=O) groups is 1. The average molecular weight is 372 g/mol. The van der Waals surface area contributed by atoms with Crippen LogP contribution in [-0.4, -0.2) is 20.9 Å². The van der Waals surface area contributed by atoms with Gasteiger partial charge in [-0.1, -0.05) is 26.0 Å². The summed E-state index contributed by atoms with van der Waals surface area (Å²) in [4.78, 5) is 13.6. The van der Waals surface area contributed by atoms with Crippen molar-refractivity contribution in [1.82, 2.24) is 0 Å². The molecule has 0 aromatic heterocycles. The summed E-state index contributed by atoms with van der Waals surface area (Å²) in [6.45, 7) is 6.40. The predicted octanol–water partition coefficient (Wildman–Crippen LogP) is 3.91. The topological polar surface area (TPSA) is 66.5 Å². The van der Waals surface area contributed by atoms with Crippen molar-refractivity contribution in [2.24, 2.45) is 0 Å². The molecule has 6 heteroatoms. The molecular formula is C20H24N2O3S. The van der Waals surface area contributed by atoms with Gasteiger partial charge < -0.3 is 4.90 Å². The van der Waals surface area contributed by atoms with Crippen LogP contribution in [0, 0.1) is 0 Å². The van der Waals surface area contributed by atoms with E-state index in [0.717, 1.165) is 29.7 Å². The van der Waals surface area contributed by atoms with Gasteiger partial charge in [-0.3, -0.25) is 9.52 Å². The quantitative estimate of drug-likeness (QED) is 0.865. The number of fused-ring (bicyclic) bond motifs is 1. The molecule has 26 heavy (non-hydrogen) atoms. The van der Waals surface area contributed by atoms with Gasteiger partial charge in [-0.25, -0.2) is 8.42 Å². The van der Waals surface area contributed by atoms with E-state index < -0.39 is 10.0 Å². The molecule has 2 aromatic rings. The highest BCUT2D eigenvalue weighted by atomic mass is 32.2. The lowest BCUT2D eigenvalue weighted by Gasteiger charge is -2.15. The highest BCUT2D eigenvalue weighted by Crippen LogP contribution is 2.31. The fourth-order valence-corrected chi connectivity index (χ4v) is 4.27. The summed E-state index contributed by atoms with van der Waals surface area (Å²) >= 11 is 0. The first-order valence-corrected chi connectivity index (χ1v) is 10.3. The van der Waals surface area contributed by atoms with Gasteiger partial charge in [-0.15, -0.1) is 0 Å². The van der Waals surface area contributed by atoms with Crippen LogP contribution in [0.4, 0.5) is 11.4 Å². The first kappa shape index (κ1) is 18.5. The number of benzene rings is 2. The fraction of sp³-hybridized carbons (Fsp3) is 0.350. The van der Waals surface area contributed by atoms with Gasteiger partial charge in [0, 0.05) is 24.8 Å². The molecule has 0 spiro atoms. The summed E-state index contributed by atoms with van der Waals surface area (Å²) in [6, 6.07) is 12.3. The highest BCUT2D eigenvalue weighted by molar-refractivity contribution is 7.92. The normalized spacial score (nSPS) is 14.8. The number of sulfonamides is 1. The molecule has 0 fully saturated rings. The molecule has 3 rings (SSSR count). The maximum absolute atomic E-state index is 12.6. The summed E-state index contributed by atoms with van der Waals surface area (Å²) in [7, 11) is -3.64. The minimum atomic E-state index is -3.64. The van der Waals surface area contributed by atoms with Crippen LogP contribution in [0.25, 0.3) is 0 Å². The molecule has 1 unspecified atom stereocenters. The lowest BCUT2D eigenvalue weighted by atomic mass is 9.99. The number of rotatable bonds is 5. The van der Waals surface area contributed by atoms with Gasteiger partial charge in [-0.05, 0) is 60.2 Å². The van der Waals surface area contributed by atoms with Gasteiger partial charge in [-0.2, -0.15) is 0 Å². The molecule has 0 radical (unpaired) electrons. The van der Waals surface area contributed by atoms with Crippen LogP contribution < -0.4 is 9.62 Å². The third-order valence-electron chi connectivity index (χ3n) is 4.98. The van der Waals surface area contributed by atoms with Crippen molar-refractivity contribution < 1.29 is 13.2 Å². The van der Waals surface area contributed by atoms with Crippen molar-refractivity contribution in [3.8, 4) is 0 Å². The minimum Gasteiger partial charge on any atom is -0.312 e. The molecule has 1 heterocycles. The zero-order valence-electron chi connectivity index (χ0n) is 15.3. The number of hydrogen-bond donors (Lipinski definition) is 1. The third kappa shape index (κ3) is 3.60. The number of nitrogens with one attached hydrogen (secondary N) is 1. The molecule has 1 aliphatic rings. The maximum Gasteiger partial charge on any atom is 0.261 e. The van der Waals surface area contributed by atoms with Gasteiger partial charge in [0.25, 0.3) is 10.0 Å². The van der Waals surface area contributed by atoms with Crippen molar-refractivity contribution >= 4 is 27.3 Å². The Balaban J connectivity index is 1.81. The number of anilines is 2. The van der Waals surface area contributed by atoms with Gasteiger partial charge in [0.1, 0.15) is 0 Å². The Bertz CT molecular complexity index is 921. The van der Waals surface area contributed by atoms with Gasteiger partial charge >= 0.3 is 0 Å². The van der Waals surface area contributed by atoms with Crippen molar-refractivity contribution in [3.05, 3.63) is 53.6 Å². The van der Waals surface area contributed by atoms with Gasteiger partial charge in [0.2, 0.25) is 5.91 Å². The van der Waals surface area contributed by atoms with Crippen LogP contribution in [0.2, 0.25) is 0 Å². The Morgan fingerprint density at radius 3 is 2.50 bits per heavy atom. The van der Waals surface area contributed by atoms with Crippen LogP contribution >= 0.6 is 0 Å². The Morgan fingerprint density at radius 1 is 1.19 bits per heavy atom. The molecule has 1 aliphatic heterocycles. The summed E-state index contributed by atoms with van der Waals surface area (Å²) < 4.78 is 27.9. The summed E-state index contributed by atoms with van der Waals surface area (Å²) in [5, 5.41) is 0. The van der Waals surface area contributed by atoms with E-state index in [-0.39, 0.29) is 10.8 Å². The van der Waals surface area contributed by atoms with Crippen molar-refractivity contribution in [2.45, 2.75) is 44.4 Å². The van der Waals surface area contributed by atoms with Gasteiger partial charge in [0.05, 0.1) is 4.90 Å². The molecular weight excluding hydrogens is 348 g/mol. The van der Waals surface area contributed by atoms with E-state index in [9.17, 15) is 13.2 Å². The highest BCUT2D eigenvalue weighted by Gasteiger charge is 2.23. The molecule has 2 aromatic carbocycles. The fourth-order valence-electron chi connectivity index (χ4n) is 3.22. The van der Waals surface area contributed by atoms with Crippen molar-refractivity contribution in [1.29, 1.82) is 0 Å². The summed E-state index contributed by atoms with van der Waals surface area (Å²) in [5.41, 5.74) is 3.49. The van der Waals surface area contributed by atoms with Crippen LogP contribution in [0.15, 0.2) is 47.4 Å². The van der Waals surface area contributed by atoms with Crippen LogP contribution in [-0.2, 0) is 21.2 Å². The SMILES string of the molecule is CCC(C)c1ccc(S(=O)(=O)Nc2ccc3c(c2)CCN3C(C)=O)cc1. The van der Waals surface area contributed by atoms with E-state index in [0.29, 0.717) is 18.2 Å². The second-order valence-corrected chi connectivity index (χ2v) is 8.43. The Morgan fingerprint density at radius 2 is 1.88 bits per heavy atom. The molecule has 1 atom stereocenters. The molecule has 0 bridgehead atoms. The second-order valence-electron chi connectivity index (χ2n) is 6.75. The molecule has 0 saturated heterocycles. The standard InChI is InChI=1S/C20H24N2O3S/c1-4-14(2)16-5-8-19(9-6-16)26(24,25)21-18-7-10-20-17(13-18)11-12-22(20)15(3)23/h5-10,13-14,21H,4,11-12H2,1-3H3. The number of amides is 1. The Kier molecular flexibility index (Phi) is 5.05. The average Bonchev–Trinajstić information content (AvgIpc) is 3.04. The van der Waals surface area contributed by atoms with E-state index in [1.54, 1.807) is 29.2 Å². The predicted molar refractivity (Wildman–Crippen MR) is 104 cm³/mol. The molecule has 0 aliphatic carbocycles. The monoisotopic (exact) mass is 372 g/mol. The minimum absolute atomic E-state index is 0.00141. The van der Waals surface area contributed by atoms with Gasteiger partial charge in [0.15, 0.2) is 0 Å². The van der Waals surface area contributed by atoms with E-state index in [4.69, 9.17) is 0 Å². The van der Waals surface area contributed by atoms with E-state index in [1.165, 1.54) is 6.92 Å². The zero-order chi connectivity index (χ0) is 18.9. The zero-order valence-corrected chi connectivity index (χ0v) is 16.1. The number of hydrogen-bond acceptors (Lipinski definition) is 3. The third-order valence-corrected chi connectivity index (χ3v) is 6.38. The van der Waals surface area contributed by atoms with E-state index in [2.05, 4.69) is 18.6 Å². The second kappa shape index (κ2) is 7.11. The van der Waals surface area contributed by atoms with Crippen molar-refractivity contribution in [3.63, 3.8) is 0 Å². The largest absolute Gasteiger partial charge is 0.312 e. The first-order chi connectivity index (χ1) is 12.3. The smallest absolute Gasteiger partial charge is 0.261 e. The van der Waals surface area contributed by atoms with E-state index in [1.807, 2.05) is 18.2 Å². The molecule has 0 saturated carbocycles. The summed E-state index contributed by atoms with van der Waals surface area (Å²) in [5.74, 6) is 0.402. The van der Waals surface area contributed by atoms with Crippen LogP contribution in [0.3, 0.4) is 0 Å². The van der Waals surface area contributed by atoms with E-state index >= 15 is 0 Å². The lowest BCUT2D eigenvalue weighted by molar-refractivity contribution is -0.116. The summed E-state index contributed by atoms with van der Waals surface area (Å²) in [6.07, 6.45) is 1.74. The maximum atomic E-state index is 12.6. The number of nitrogens with zero attached hydrogens (tertiary/aromatic N) is 1. The Hall–Kier alpha value is -2.34.